The van der Waals surface area contributed by atoms with E-state index in [2.05, 4.69) is 15.6 Å². The van der Waals surface area contributed by atoms with Crippen LogP contribution in [0, 0.1) is 0 Å². The molecule has 2 aromatic heterocycles. The molecule has 2 N–H and O–H groups in total. The van der Waals surface area contributed by atoms with Gasteiger partial charge in [-0.05, 0) is 57.7 Å². The van der Waals surface area contributed by atoms with E-state index in [0.29, 0.717) is 11.6 Å². The maximum absolute atomic E-state index is 12.1. The molecule has 1 fully saturated rings. The third-order valence-corrected chi connectivity index (χ3v) is 4.97. The van der Waals surface area contributed by atoms with E-state index >= 15 is 0 Å². The third-order valence-electron chi connectivity index (χ3n) is 4.66. The second kappa shape index (κ2) is 8.86. The van der Waals surface area contributed by atoms with Crippen molar-refractivity contribution < 1.29 is 9.53 Å². The van der Waals surface area contributed by atoms with Gasteiger partial charge in [-0.15, -0.1) is 11.6 Å². The van der Waals surface area contributed by atoms with E-state index in [-0.39, 0.29) is 23.7 Å². The Kier molecular flexibility index (Phi) is 6.47. The second-order valence-corrected chi connectivity index (χ2v) is 8.55. The van der Waals surface area contributed by atoms with E-state index in [1.54, 1.807) is 18.5 Å². The Morgan fingerprint density at radius 1 is 1.24 bits per heavy atom. The first-order valence-corrected chi connectivity index (χ1v) is 10.3. The van der Waals surface area contributed by atoms with Crippen LogP contribution >= 0.6 is 11.6 Å². The maximum Gasteiger partial charge on any atom is 0.407 e. The summed E-state index contributed by atoms with van der Waals surface area (Å²) in [6, 6.07) is 7.22. The number of alkyl carbamates (subject to hydrolysis) is 1. The van der Waals surface area contributed by atoms with Gasteiger partial charge in [-0.1, -0.05) is 6.07 Å². The molecule has 8 heteroatoms. The Labute approximate surface area is 175 Å². The van der Waals surface area contributed by atoms with Crippen molar-refractivity contribution in [1.29, 1.82) is 0 Å². The fraction of sp³-hybridized carbons (Fsp3) is 0.476. The molecule has 2 heterocycles. The van der Waals surface area contributed by atoms with E-state index < -0.39 is 5.60 Å². The minimum absolute atomic E-state index is 0.0819. The standard InChI is InChI=1S/C21H27ClN4O3/c1-21(2,3)29-20(28)25-16-6-5-15(10-16)24-18-8-7-17(12-23-18)26-13-14(11-22)4-9-19(26)27/h4,7-9,12-13,15-16H,5-6,10-11H2,1-3H3,(H,23,24)(H,25,28)/t15-,16-/m0/s1. The smallest absolute Gasteiger partial charge is 0.407 e. The number of halogens is 1. The number of pyridine rings is 2. The molecule has 7 nitrogen and oxygen atoms in total. The molecule has 0 unspecified atom stereocenters. The molecule has 0 radical (unpaired) electrons. The van der Waals surface area contributed by atoms with Crippen LogP contribution in [0.5, 0.6) is 0 Å². The predicted octanol–water partition coefficient (Wildman–Crippen LogP) is 3.83. The molecule has 29 heavy (non-hydrogen) atoms. The van der Waals surface area contributed by atoms with Crippen molar-refractivity contribution in [3.63, 3.8) is 0 Å². The fourth-order valence-electron chi connectivity index (χ4n) is 3.35. The van der Waals surface area contributed by atoms with Gasteiger partial charge in [0.25, 0.3) is 5.56 Å². The Morgan fingerprint density at radius 3 is 2.66 bits per heavy atom. The quantitative estimate of drug-likeness (QED) is 0.721. The van der Waals surface area contributed by atoms with Crippen LogP contribution in [0.3, 0.4) is 0 Å². The SMILES string of the molecule is CC(C)(C)OC(=O)N[C@H]1CC[C@H](Nc2ccc(-n3cc(CCl)ccc3=O)cn2)C1. The molecule has 1 amide bonds. The van der Waals surface area contributed by atoms with Crippen molar-refractivity contribution in [1.82, 2.24) is 14.9 Å². The summed E-state index contributed by atoms with van der Waals surface area (Å²) in [7, 11) is 0. The summed E-state index contributed by atoms with van der Waals surface area (Å²) in [5, 5.41) is 6.32. The molecule has 0 saturated heterocycles. The van der Waals surface area contributed by atoms with Crippen molar-refractivity contribution in [3.05, 3.63) is 52.6 Å². The lowest BCUT2D eigenvalue weighted by molar-refractivity contribution is 0.0505. The third kappa shape index (κ3) is 5.97. The molecule has 0 aromatic carbocycles. The van der Waals surface area contributed by atoms with Crippen LogP contribution in [0.2, 0.25) is 0 Å². The monoisotopic (exact) mass is 418 g/mol. The highest BCUT2D eigenvalue weighted by molar-refractivity contribution is 6.17. The molecule has 1 saturated carbocycles. The summed E-state index contributed by atoms with van der Waals surface area (Å²) < 4.78 is 6.85. The number of nitrogens with one attached hydrogen (secondary N) is 2. The van der Waals surface area contributed by atoms with Gasteiger partial charge >= 0.3 is 6.09 Å². The van der Waals surface area contributed by atoms with Gasteiger partial charge in [0.2, 0.25) is 0 Å². The molecule has 3 rings (SSSR count). The van der Waals surface area contributed by atoms with Crippen LogP contribution in [-0.2, 0) is 10.6 Å². The first kappa shape index (κ1) is 21.2. The number of rotatable bonds is 5. The number of ether oxygens (including phenoxy) is 1. The molecule has 0 aliphatic heterocycles. The minimum atomic E-state index is -0.503. The van der Waals surface area contributed by atoms with Crippen LogP contribution in [0.4, 0.5) is 10.6 Å². The molecule has 1 aliphatic rings. The number of amides is 1. The predicted molar refractivity (Wildman–Crippen MR) is 114 cm³/mol. The van der Waals surface area contributed by atoms with E-state index in [9.17, 15) is 9.59 Å². The molecular formula is C21H27ClN4O3. The Bertz CT molecular complexity index is 905. The lowest BCUT2D eigenvalue weighted by Crippen LogP contribution is -2.38. The fourth-order valence-corrected chi connectivity index (χ4v) is 3.51. The highest BCUT2D eigenvalue weighted by Gasteiger charge is 2.27. The van der Waals surface area contributed by atoms with Crippen LogP contribution in [0.1, 0.15) is 45.6 Å². The van der Waals surface area contributed by atoms with Gasteiger partial charge in [0.1, 0.15) is 11.4 Å². The number of alkyl halides is 1. The first-order chi connectivity index (χ1) is 13.7. The first-order valence-electron chi connectivity index (χ1n) is 9.73. The van der Waals surface area contributed by atoms with Gasteiger partial charge in [0.05, 0.1) is 11.9 Å². The van der Waals surface area contributed by atoms with Crippen molar-refractivity contribution >= 4 is 23.5 Å². The topological polar surface area (TPSA) is 85.2 Å². The van der Waals surface area contributed by atoms with E-state index in [1.165, 1.54) is 10.6 Å². The van der Waals surface area contributed by atoms with E-state index in [4.69, 9.17) is 16.3 Å². The zero-order chi connectivity index (χ0) is 21.0. The molecule has 156 valence electrons. The van der Waals surface area contributed by atoms with Gasteiger partial charge < -0.3 is 15.4 Å². The second-order valence-electron chi connectivity index (χ2n) is 8.28. The van der Waals surface area contributed by atoms with Crippen molar-refractivity contribution in [2.24, 2.45) is 0 Å². The number of carbonyl (C=O) groups excluding carboxylic acids is 1. The number of aromatic nitrogens is 2. The molecule has 0 spiro atoms. The zero-order valence-corrected chi connectivity index (χ0v) is 17.7. The van der Waals surface area contributed by atoms with Crippen LogP contribution in [-0.4, -0.2) is 33.3 Å². The average Bonchev–Trinajstić information content (AvgIpc) is 3.08. The molecular weight excluding hydrogens is 392 g/mol. The maximum atomic E-state index is 12.1. The van der Waals surface area contributed by atoms with Crippen LogP contribution < -0.4 is 16.2 Å². The summed E-state index contributed by atoms with van der Waals surface area (Å²) in [5.74, 6) is 1.08. The summed E-state index contributed by atoms with van der Waals surface area (Å²) in [6.07, 6.45) is 5.63. The molecule has 2 atom stereocenters. The Balaban J connectivity index is 1.57. The lowest BCUT2D eigenvalue weighted by atomic mass is 10.2. The van der Waals surface area contributed by atoms with Crippen molar-refractivity contribution in [3.8, 4) is 5.69 Å². The van der Waals surface area contributed by atoms with Gasteiger partial charge in [-0.25, -0.2) is 9.78 Å². The number of hydrogen-bond donors (Lipinski definition) is 2. The molecule has 1 aliphatic carbocycles. The summed E-state index contributed by atoms with van der Waals surface area (Å²) >= 11 is 5.86. The average molecular weight is 419 g/mol. The summed E-state index contributed by atoms with van der Waals surface area (Å²) in [4.78, 5) is 28.5. The van der Waals surface area contributed by atoms with Gasteiger partial charge in [0.15, 0.2) is 0 Å². The lowest BCUT2D eigenvalue weighted by Gasteiger charge is -2.22. The zero-order valence-electron chi connectivity index (χ0n) is 16.9. The number of carbonyl (C=O) groups is 1. The van der Waals surface area contributed by atoms with Crippen LogP contribution in [0.15, 0.2) is 41.5 Å². The molecule has 0 bridgehead atoms. The highest BCUT2D eigenvalue weighted by atomic mass is 35.5. The van der Waals surface area contributed by atoms with Gasteiger partial charge in [0, 0.05) is 30.2 Å². The summed E-state index contributed by atoms with van der Waals surface area (Å²) in [6.45, 7) is 5.54. The normalized spacial score (nSPS) is 19.0. The van der Waals surface area contributed by atoms with E-state index in [1.807, 2.05) is 32.9 Å². The minimum Gasteiger partial charge on any atom is -0.444 e. The van der Waals surface area contributed by atoms with Gasteiger partial charge in [-0.3, -0.25) is 9.36 Å². The largest absolute Gasteiger partial charge is 0.444 e. The Hall–Kier alpha value is -2.54. The van der Waals surface area contributed by atoms with Gasteiger partial charge in [-0.2, -0.15) is 0 Å². The van der Waals surface area contributed by atoms with E-state index in [0.717, 1.165) is 30.6 Å². The summed E-state index contributed by atoms with van der Waals surface area (Å²) in [5.41, 5.74) is 0.914. The van der Waals surface area contributed by atoms with Crippen LogP contribution in [0.25, 0.3) is 5.69 Å². The number of hydrogen-bond acceptors (Lipinski definition) is 5. The highest BCUT2D eigenvalue weighted by Crippen LogP contribution is 2.23. The van der Waals surface area contributed by atoms with Crippen molar-refractivity contribution in [2.75, 3.05) is 5.32 Å². The van der Waals surface area contributed by atoms with Crippen molar-refractivity contribution in [2.45, 2.75) is 63.6 Å². The number of anilines is 1. The Morgan fingerprint density at radius 2 is 2.00 bits per heavy atom. The number of nitrogens with zero attached hydrogens (tertiary/aromatic N) is 2. The molecule has 2 aromatic rings.